The minimum absolute atomic E-state index is 0.0353. The van der Waals surface area contributed by atoms with Crippen LogP contribution in [0, 0.1) is 11.6 Å². The highest BCUT2D eigenvalue weighted by Gasteiger charge is 2.16. The highest BCUT2D eigenvalue weighted by atomic mass is 19.1. The Balaban J connectivity index is 2.01. The quantitative estimate of drug-likeness (QED) is 0.892. The maximum Gasteiger partial charge on any atom is 0.226 e. The Morgan fingerprint density at radius 2 is 2.09 bits per heavy atom. The van der Waals surface area contributed by atoms with Crippen LogP contribution in [0.25, 0.3) is 0 Å². The Kier molecular flexibility index (Phi) is 5.16. The van der Waals surface area contributed by atoms with Gasteiger partial charge in [0, 0.05) is 12.5 Å². The van der Waals surface area contributed by atoms with Crippen molar-refractivity contribution in [3.8, 4) is 0 Å². The van der Waals surface area contributed by atoms with Crippen LogP contribution < -0.4 is 5.32 Å². The van der Waals surface area contributed by atoms with Crippen molar-refractivity contribution in [1.82, 2.24) is 4.98 Å². The van der Waals surface area contributed by atoms with Gasteiger partial charge < -0.3 is 10.4 Å². The fourth-order valence-corrected chi connectivity index (χ4v) is 2.12. The van der Waals surface area contributed by atoms with Gasteiger partial charge in [-0.1, -0.05) is 19.1 Å². The summed E-state index contributed by atoms with van der Waals surface area (Å²) in [5.74, 6) is -1.73. The first-order chi connectivity index (χ1) is 10.5. The molecule has 0 unspecified atom stereocenters. The van der Waals surface area contributed by atoms with Gasteiger partial charge in [-0.2, -0.15) is 0 Å². The van der Waals surface area contributed by atoms with Gasteiger partial charge >= 0.3 is 0 Å². The molecule has 22 heavy (non-hydrogen) atoms. The molecule has 2 N–H and O–H groups in total. The average Bonchev–Trinajstić information content (AvgIpc) is 2.47. The molecule has 0 saturated heterocycles. The number of aliphatic hydroxyl groups excluding tert-OH is 1. The minimum Gasteiger partial charge on any atom is -0.390 e. The van der Waals surface area contributed by atoms with Crippen molar-refractivity contribution < 1.29 is 18.7 Å². The summed E-state index contributed by atoms with van der Waals surface area (Å²) in [5.41, 5.74) is 0.726. The van der Waals surface area contributed by atoms with Gasteiger partial charge in [0.2, 0.25) is 5.91 Å². The molecule has 1 amide bonds. The van der Waals surface area contributed by atoms with E-state index in [1.54, 1.807) is 25.1 Å². The van der Waals surface area contributed by atoms with Gasteiger partial charge in [0.15, 0.2) is 0 Å². The van der Waals surface area contributed by atoms with Crippen molar-refractivity contribution in [2.45, 2.75) is 25.9 Å². The monoisotopic (exact) mass is 306 g/mol. The van der Waals surface area contributed by atoms with Crippen molar-refractivity contribution >= 4 is 11.7 Å². The predicted molar refractivity (Wildman–Crippen MR) is 78.2 cm³/mol. The van der Waals surface area contributed by atoms with Gasteiger partial charge in [0.25, 0.3) is 0 Å². The van der Waals surface area contributed by atoms with Crippen LogP contribution in [0.5, 0.6) is 0 Å². The van der Waals surface area contributed by atoms with E-state index in [-0.39, 0.29) is 24.5 Å². The predicted octanol–water partition coefficient (Wildman–Crippen LogP) is 2.98. The lowest BCUT2D eigenvalue weighted by molar-refractivity contribution is -0.116. The first-order valence-electron chi connectivity index (χ1n) is 6.81. The van der Waals surface area contributed by atoms with Crippen LogP contribution in [0.2, 0.25) is 0 Å². The molecule has 2 rings (SSSR count). The van der Waals surface area contributed by atoms with Crippen LogP contribution in [0.3, 0.4) is 0 Å². The van der Waals surface area contributed by atoms with Gasteiger partial charge in [0.05, 0.1) is 12.3 Å². The lowest BCUT2D eigenvalue weighted by atomic mass is 9.97. The van der Waals surface area contributed by atoms with Crippen molar-refractivity contribution in [2.24, 2.45) is 0 Å². The number of halogens is 2. The molecule has 0 aliphatic heterocycles. The van der Waals surface area contributed by atoms with Crippen LogP contribution in [-0.4, -0.2) is 16.0 Å². The molecule has 1 aromatic heterocycles. The van der Waals surface area contributed by atoms with E-state index in [0.29, 0.717) is 11.5 Å². The number of nitrogens with one attached hydrogen (secondary N) is 1. The van der Waals surface area contributed by atoms with Crippen LogP contribution in [0.4, 0.5) is 14.6 Å². The molecule has 1 aromatic carbocycles. The Bertz CT molecular complexity index is 677. The second-order valence-electron chi connectivity index (χ2n) is 4.99. The first kappa shape index (κ1) is 16.0. The Morgan fingerprint density at radius 1 is 1.32 bits per heavy atom. The zero-order chi connectivity index (χ0) is 16.1. The lowest BCUT2D eigenvalue weighted by Crippen LogP contribution is -2.16. The summed E-state index contributed by atoms with van der Waals surface area (Å²) in [5, 5.41) is 11.6. The maximum absolute atomic E-state index is 13.7. The first-order valence-corrected chi connectivity index (χ1v) is 6.81. The van der Waals surface area contributed by atoms with E-state index < -0.39 is 17.6 Å². The van der Waals surface area contributed by atoms with Crippen molar-refractivity contribution in [3.05, 3.63) is 59.3 Å². The molecular weight excluding hydrogens is 290 g/mol. The molecule has 0 radical (unpaired) electrons. The fraction of sp³-hybridized carbons (Fsp3) is 0.250. The summed E-state index contributed by atoms with van der Waals surface area (Å²) in [6.45, 7) is 1.47. The molecule has 4 nitrogen and oxygen atoms in total. The number of pyridine rings is 1. The molecule has 0 saturated carbocycles. The SMILES string of the molecule is C[C@H](CC(=O)Nc1cccc(CO)n1)c1ccc(F)cc1F. The number of aromatic nitrogens is 1. The maximum atomic E-state index is 13.7. The van der Waals surface area contributed by atoms with Crippen molar-refractivity contribution in [3.63, 3.8) is 0 Å². The topological polar surface area (TPSA) is 62.2 Å². The number of amides is 1. The Labute approximate surface area is 126 Å². The second kappa shape index (κ2) is 7.09. The number of hydrogen-bond donors (Lipinski definition) is 2. The summed E-state index contributed by atoms with van der Waals surface area (Å²) < 4.78 is 26.5. The number of hydrogen-bond acceptors (Lipinski definition) is 3. The second-order valence-corrected chi connectivity index (χ2v) is 4.99. The molecule has 0 spiro atoms. The van der Waals surface area contributed by atoms with E-state index in [9.17, 15) is 13.6 Å². The van der Waals surface area contributed by atoms with E-state index in [4.69, 9.17) is 5.11 Å². The normalized spacial score (nSPS) is 12.0. The summed E-state index contributed by atoms with van der Waals surface area (Å²) in [7, 11) is 0. The van der Waals surface area contributed by atoms with Gasteiger partial charge in [-0.15, -0.1) is 0 Å². The molecule has 1 heterocycles. The summed E-state index contributed by atoms with van der Waals surface area (Å²) >= 11 is 0. The molecule has 2 aromatic rings. The number of nitrogens with zero attached hydrogens (tertiary/aromatic N) is 1. The van der Waals surface area contributed by atoms with E-state index in [0.717, 1.165) is 6.07 Å². The average molecular weight is 306 g/mol. The molecular formula is C16H16F2N2O2. The lowest BCUT2D eigenvalue weighted by Gasteiger charge is -2.13. The summed E-state index contributed by atoms with van der Waals surface area (Å²) in [6, 6.07) is 8.20. The summed E-state index contributed by atoms with van der Waals surface area (Å²) in [4.78, 5) is 16.0. The minimum atomic E-state index is -0.666. The van der Waals surface area contributed by atoms with Gasteiger partial charge in [-0.05, 0) is 29.7 Å². The third-order valence-electron chi connectivity index (χ3n) is 3.22. The molecule has 0 bridgehead atoms. The molecule has 0 aliphatic rings. The molecule has 1 atom stereocenters. The highest BCUT2D eigenvalue weighted by Crippen LogP contribution is 2.23. The number of benzene rings is 1. The standard InChI is InChI=1S/C16H16F2N2O2/c1-10(13-6-5-11(17)8-14(13)18)7-16(22)20-15-4-2-3-12(9-21)19-15/h2-6,8,10,21H,7,9H2,1H3,(H,19,20,22)/t10-/m1/s1. The number of carbonyl (C=O) groups is 1. The van der Waals surface area contributed by atoms with E-state index in [2.05, 4.69) is 10.3 Å². The van der Waals surface area contributed by atoms with E-state index in [1.165, 1.54) is 12.1 Å². The molecule has 116 valence electrons. The van der Waals surface area contributed by atoms with Crippen molar-refractivity contribution in [2.75, 3.05) is 5.32 Å². The largest absolute Gasteiger partial charge is 0.390 e. The number of rotatable bonds is 5. The number of anilines is 1. The zero-order valence-electron chi connectivity index (χ0n) is 12.0. The van der Waals surface area contributed by atoms with Crippen LogP contribution in [0.1, 0.15) is 30.5 Å². The van der Waals surface area contributed by atoms with Crippen LogP contribution in [-0.2, 0) is 11.4 Å². The van der Waals surface area contributed by atoms with Crippen LogP contribution in [0.15, 0.2) is 36.4 Å². The molecule has 0 fully saturated rings. The Hall–Kier alpha value is -2.34. The number of aliphatic hydroxyl groups is 1. The fourth-order valence-electron chi connectivity index (χ4n) is 2.12. The van der Waals surface area contributed by atoms with Crippen LogP contribution >= 0.6 is 0 Å². The third kappa shape index (κ3) is 4.08. The van der Waals surface area contributed by atoms with Gasteiger partial charge in [-0.25, -0.2) is 13.8 Å². The summed E-state index contributed by atoms with van der Waals surface area (Å²) in [6.07, 6.45) is 0.0353. The van der Waals surface area contributed by atoms with Gasteiger partial charge in [-0.3, -0.25) is 4.79 Å². The van der Waals surface area contributed by atoms with E-state index >= 15 is 0 Å². The smallest absolute Gasteiger partial charge is 0.226 e. The third-order valence-corrected chi connectivity index (χ3v) is 3.22. The number of carbonyl (C=O) groups excluding carboxylic acids is 1. The Morgan fingerprint density at radius 3 is 2.77 bits per heavy atom. The highest BCUT2D eigenvalue weighted by molar-refractivity contribution is 5.90. The molecule has 0 aliphatic carbocycles. The zero-order valence-corrected chi connectivity index (χ0v) is 12.0. The molecule has 6 heteroatoms. The van der Waals surface area contributed by atoms with Crippen molar-refractivity contribution in [1.29, 1.82) is 0 Å². The van der Waals surface area contributed by atoms with Gasteiger partial charge in [0.1, 0.15) is 17.5 Å². The van der Waals surface area contributed by atoms with E-state index in [1.807, 2.05) is 0 Å².